The number of benzene rings is 1. The van der Waals surface area contributed by atoms with Crippen LogP contribution in [0.15, 0.2) is 28.9 Å². The summed E-state index contributed by atoms with van der Waals surface area (Å²) in [6.45, 7) is 0. The number of hydrogen-bond acceptors (Lipinski definition) is 1. The Morgan fingerprint density at radius 2 is 2.22 bits per heavy atom. The van der Waals surface area contributed by atoms with E-state index in [9.17, 15) is 5.11 Å². The number of fused-ring (bicyclic) bond motifs is 1. The second-order valence-corrected chi connectivity index (χ2v) is 6.30. The fourth-order valence-corrected chi connectivity index (χ4v) is 3.49. The summed E-state index contributed by atoms with van der Waals surface area (Å²) in [6.07, 6.45) is 6.41. The molecule has 1 aliphatic carbocycles. The second-order valence-electron chi connectivity index (χ2n) is 5.39. The molecule has 2 unspecified atom stereocenters. The fraction of sp³-hybridized carbons (Fsp3) is 0.467. The minimum atomic E-state index is -0.101. The topological polar surface area (TPSA) is 25.2 Å². The van der Waals surface area contributed by atoms with Crippen molar-refractivity contribution < 1.29 is 5.11 Å². The molecule has 2 nitrogen and oxygen atoms in total. The summed E-state index contributed by atoms with van der Waals surface area (Å²) in [5, 5.41) is 11.3. The highest BCUT2D eigenvalue weighted by Crippen LogP contribution is 2.32. The van der Waals surface area contributed by atoms with E-state index in [0.29, 0.717) is 5.92 Å². The Hall–Kier alpha value is -0.800. The maximum Gasteiger partial charge on any atom is 0.0571 e. The molecule has 1 saturated carbocycles. The second kappa shape index (κ2) is 4.71. The van der Waals surface area contributed by atoms with Crippen LogP contribution in [0.2, 0.25) is 0 Å². The largest absolute Gasteiger partial charge is 0.393 e. The first kappa shape index (κ1) is 12.2. The molecule has 2 atom stereocenters. The third kappa shape index (κ3) is 2.10. The molecule has 1 aromatic carbocycles. The molecule has 1 heterocycles. The summed E-state index contributed by atoms with van der Waals surface area (Å²) in [7, 11) is 2.09. The van der Waals surface area contributed by atoms with Crippen LogP contribution in [0.4, 0.5) is 0 Å². The number of aromatic nitrogens is 1. The lowest BCUT2D eigenvalue weighted by molar-refractivity contribution is 0.133. The molecular formula is C15H18BrNO. The van der Waals surface area contributed by atoms with E-state index in [1.54, 1.807) is 0 Å². The van der Waals surface area contributed by atoms with Crippen molar-refractivity contribution in [3.05, 3.63) is 34.4 Å². The average molecular weight is 308 g/mol. The van der Waals surface area contributed by atoms with Crippen LogP contribution in [0.1, 0.15) is 24.8 Å². The van der Waals surface area contributed by atoms with Crippen LogP contribution in [0, 0.1) is 5.92 Å². The Kier molecular flexibility index (Phi) is 3.20. The molecule has 0 amide bonds. The number of aliphatic hydroxyl groups excluding tert-OH is 1. The highest BCUT2D eigenvalue weighted by atomic mass is 79.9. The maximum absolute atomic E-state index is 9.96. The van der Waals surface area contributed by atoms with Gasteiger partial charge in [-0.1, -0.05) is 28.4 Å². The van der Waals surface area contributed by atoms with Crippen LogP contribution >= 0.6 is 15.9 Å². The third-order valence-corrected chi connectivity index (χ3v) is 4.63. The van der Waals surface area contributed by atoms with Crippen molar-refractivity contribution in [1.82, 2.24) is 4.57 Å². The minimum Gasteiger partial charge on any atom is -0.393 e. The molecule has 3 heteroatoms. The van der Waals surface area contributed by atoms with Gasteiger partial charge in [-0.15, -0.1) is 0 Å². The zero-order chi connectivity index (χ0) is 12.7. The Labute approximate surface area is 116 Å². The lowest BCUT2D eigenvalue weighted by Crippen LogP contribution is -2.15. The van der Waals surface area contributed by atoms with Gasteiger partial charge in [0.05, 0.1) is 6.10 Å². The normalized spacial score (nSPS) is 23.9. The molecule has 0 saturated heterocycles. The molecule has 1 N–H and O–H groups in total. The first-order chi connectivity index (χ1) is 8.65. The number of aryl methyl sites for hydroxylation is 1. The van der Waals surface area contributed by atoms with Crippen LogP contribution < -0.4 is 0 Å². The van der Waals surface area contributed by atoms with E-state index in [2.05, 4.69) is 51.9 Å². The minimum absolute atomic E-state index is 0.101. The van der Waals surface area contributed by atoms with Crippen molar-refractivity contribution >= 4 is 26.8 Å². The maximum atomic E-state index is 9.96. The molecule has 96 valence electrons. The summed E-state index contributed by atoms with van der Waals surface area (Å²) in [5.74, 6) is 0.444. The quantitative estimate of drug-likeness (QED) is 0.900. The van der Waals surface area contributed by atoms with Crippen LogP contribution in [0.25, 0.3) is 10.9 Å². The van der Waals surface area contributed by atoms with Gasteiger partial charge in [-0.25, -0.2) is 0 Å². The molecule has 3 rings (SSSR count). The Morgan fingerprint density at radius 3 is 2.94 bits per heavy atom. The van der Waals surface area contributed by atoms with E-state index >= 15 is 0 Å². The first-order valence-corrected chi connectivity index (χ1v) is 7.36. The van der Waals surface area contributed by atoms with Crippen molar-refractivity contribution in [2.75, 3.05) is 0 Å². The smallest absolute Gasteiger partial charge is 0.0571 e. The summed E-state index contributed by atoms with van der Waals surface area (Å²) < 4.78 is 3.29. The zero-order valence-electron chi connectivity index (χ0n) is 10.6. The van der Waals surface area contributed by atoms with E-state index in [-0.39, 0.29) is 6.10 Å². The van der Waals surface area contributed by atoms with Crippen molar-refractivity contribution in [3.8, 4) is 0 Å². The van der Waals surface area contributed by atoms with E-state index in [1.807, 2.05) is 0 Å². The highest BCUT2D eigenvalue weighted by molar-refractivity contribution is 9.10. The van der Waals surface area contributed by atoms with Crippen molar-refractivity contribution in [2.24, 2.45) is 13.0 Å². The van der Waals surface area contributed by atoms with Crippen LogP contribution in [0.3, 0.4) is 0 Å². The monoisotopic (exact) mass is 307 g/mol. The number of nitrogens with zero attached hydrogens (tertiary/aromatic N) is 1. The fourth-order valence-electron chi connectivity index (χ4n) is 3.14. The molecular weight excluding hydrogens is 290 g/mol. The van der Waals surface area contributed by atoms with Crippen LogP contribution in [-0.2, 0) is 13.5 Å². The lowest BCUT2D eigenvalue weighted by atomic mass is 9.96. The molecule has 0 spiro atoms. The molecule has 0 aliphatic heterocycles. The lowest BCUT2D eigenvalue weighted by Gasteiger charge is -2.13. The number of aliphatic hydroxyl groups is 1. The predicted octanol–water partition coefficient (Wildman–Crippen LogP) is 3.64. The Morgan fingerprint density at radius 1 is 1.39 bits per heavy atom. The van der Waals surface area contributed by atoms with Gasteiger partial charge in [-0.3, -0.25) is 0 Å². The van der Waals surface area contributed by atoms with Gasteiger partial charge in [0.1, 0.15) is 0 Å². The summed E-state index contributed by atoms with van der Waals surface area (Å²) >= 11 is 3.52. The van der Waals surface area contributed by atoms with Gasteiger partial charge in [0.15, 0.2) is 0 Å². The van der Waals surface area contributed by atoms with Gasteiger partial charge >= 0.3 is 0 Å². The predicted molar refractivity (Wildman–Crippen MR) is 77.7 cm³/mol. The molecule has 18 heavy (non-hydrogen) atoms. The van der Waals surface area contributed by atoms with E-state index in [4.69, 9.17) is 0 Å². The van der Waals surface area contributed by atoms with Gasteiger partial charge in [0.2, 0.25) is 0 Å². The first-order valence-electron chi connectivity index (χ1n) is 6.56. The van der Waals surface area contributed by atoms with Gasteiger partial charge in [-0.2, -0.15) is 0 Å². The van der Waals surface area contributed by atoms with E-state index < -0.39 is 0 Å². The van der Waals surface area contributed by atoms with Gasteiger partial charge < -0.3 is 9.67 Å². The van der Waals surface area contributed by atoms with Crippen molar-refractivity contribution in [2.45, 2.75) is 31.8 Å². The summed E-state index contributed by atoms with van der Waals surface area (Å²) in [6, 6.07) is 6.43. The molecule has 2 aromatic rings. The summed E-state index contributed by atoms with van der Waals surface area (Å²) in [5.41, 5.74) is 2.62. The summed E-state index contributed by atoms with van der Waals surface area (Å²) in [4.78, 5) is 0. The van der Waals surface area contributed by atoms with Gasteiger partial charge in [-0.05, 0) is 42.9 Å². The third-order valence-electron chi connectivity index (χ3n) is 4.14. The number of hydrogen-bond donors (Lipinski definition) is 1. The molecule has 0 bridgehead atoms. The van der Waals surface area contributed by atoms with Crippen LogP contribution in [0.5, 0.6) is 0 Å². The molecule has 1 aromatic heterocycles. The standard InChI is InChI=1S/C15H18BrNO/c1-17-9-11(7-10-3-2-4-15(10)18)13-6-5-12(16)8-14(13)17/h5-6,8-10,15,18H,2-4,7H2,1H3. The average Bonchev–Trinajstić information content (AvgIpc) is 2.86. The van der Waals surface area contributed by atoms with Gasteiger partial charge in [0, 0.05) is 28.6 Å². The zero-order valence-corrected chi connectivity index (χ0v) is 12.2. The van der Waals surface area contributed by atoms with Gasteiger partial charge in [0.25, 0.3) is 0 Å². The molecule has 0 radical (unpaired) electrons. The SMILES string of the molecule is Cn1cc(CC2CCCC2O)c2ccc(Br)cc21. The number of halogens is 1. The van der Waals surface area contributed by atoms with Crippen molar-refractivity contribution in [1.29, 1.82) is 0 Å². The Bertz CT molecular complexity index is 575. The molecule has 1 fully saturated rings. The van der Waals surface area contributed by atoms with Crippen molar-refractivity contribution in [3.63, 3.8) is 0 Å². The number of rotatable bonds is 2. The Balaban J connectivity index is 1.97. The highest BCUT2D eigenvalue weighted by Gasteiger charge is 2.26. The van der Waals surface area contributed by atoms with E-state index in [1.165, 1.54) is 22.9 Å². The van der Waals surface area contributed by atoms with E-state index in [0.717, 1.165) is 23.7 Å². The molecule has 1 aliphatic rings. The van der Waals surface area contributed by atoms with Crippen LogP contribution in [-0.4, -0.2) is 15.8 Å².